The molecule has 1 unspecified atom stereocenters. The number of halogens is 2. The van der Waals surface area contributed by atoms with Gasteiger partial charge in [-0.25, -0.2) is 13.9 Å². The largest absolute Gasteiger partial charge is 0.333 e. The SMILES string of the molecule is Cc1cc(C)n2nc(CC(=O)N3CCNCC3c3cccc(F)c3)nc2n1.Cl. The van der Waals surface area contributed by atoms with E-state index in [1.165, 1.54) is 12.1 Å². The first-order valence-electron chi connectivity index (χ1n) is 8.97. The standard InChI is InChI=1S/C19H21FN6O.ClH/c1-12-8-13(2)26-19(22-12)23-17(24-26)10-18(27)25-7-6-21-11-16(25)14-4-3-5-15(20)9-14;/h3-5,8-9,16,21H,6-7,10-11H2,1-2H3;1H. The molecule has 1 N–H and O–H groups in total. The van der Waals surface area contributed by atoms with Crippen LogP contribution in [0.5, 0.6) is 0 Å². The number of piperazine rings is 1. The summed E-state index contributed by atoms with van der Waals surface area (Å²) in [6.07, 6.45) is 0.0909. The normalized spacial score (nSPS) is 16.8. The zero-order valence-corrected chi connectivity index (χ0v) is 16.5. The number of fused-ring (bicyclic) bond motifs is 1. The Morgan fingerprint density at radius 3 is 2.89 bits per heavy atom. The summed E-state index contributed by atoms with van der Waals surface area (Å²) in [6.45, 7) is 5.68. The lowest BCUT2D eigenvalue weighted by molar-refractivity contribution is -0.133. The predicted molar refractivity (Wildman–Crippen MR) is 105 cm³/mol. The van der Waals surface area contributed by atoms with Crippen molar-refractivity contribution in [2.45, 2.75) is 26.3 Å². The van der Waals surface area contributed by atoms with E-state index in [4.69, 9.17) is 0 Å². The summed E-state index contributed by atoms with van der Waals surface area (Å²) in [7, 11) is 0. The van der Waals surface area contributed by atoms with E-state index in [9.17, 15) is 9.18 Å². The second kappa shape index (κ2) is 8.20. The van der Waals surface area contributed by atoms with Crippen molar-refractivity contribution in [2.75, 3.05) is 19.6 Å². The van der Waals surface area contributed by atoms with Gasteiger partial charge in [0.25, 0.3) is 5.78 Å². The first-order chi connectivity index (χ1) is 13.0. The Labute approximate surface area is 168 Å². The summed E-state index contributed by atoms with van der Waals surface area (Å²) in [5, 5.41) is 7.69. The quantitative estimate of drug-likeness (QED) is 0.722. The Bertz CT molecular complexity index is 1010. The maximum absolute atomic E-state index is 13.6. The number of hydrogen-bond donors (Lipinski definition) is 1. The molecule has 3 aromatic rings. The third-order valence-electron chi connectivity index (χ3n) is 4.77. The van der Waals surface area contributed by atoms with E-state index in [1.807, 2.05) is 26.0 Å². The minimum Gasteiger partial charge on any atom is -0.333 e. The summed E-state index contributed by atoms with van der Waals surface area (Å²) >= 11 is 0. The maximum atomic E-state index is 13.6. The van der Waals surface area contributed by atoms with Crippen LogP contribution in [0.15, 0.2) is 30.3 Å². The van der Waals surface area contributed by atoms with Crippen molar-refractivity contribution in [3.05, 3.63) is 58.9 Å². The van der Waals surface area contributed by atoms with Gasteiger partial charge >= 0.3 is 0 Å². The highest BCUT2D eigenvalue weighted by molar-refractivity contribution is 5.85. The molecule has 0 spiro atoms. The average Bonchev–Trinajstić information content (AvgIpc) is 3.04. The summed E-state index contributed by atoms with van der Waals surface area (Å²) in [5.41, 5.74) is 2.56. The van der Waals surface area contributed by atoms with Crippen LogP contribution in [0.25, 0.3) is 5.78 Å². The van der Waals surface area contributed by atoms with Crippen molar-refractivity contribution in [3.8, 4) is 0 Å². The molecule has 1 fully saturated rings. The number of rotatable bonds is 3. The Morgan fingerprint density at radius 1 is 1.29 bits per heavy atom. The number of nitrogens with zero attached hydrogens (tertiary/aromatic N) is 5. The molecule has 1 aromatic carbocycles. The number of amides is 1. The number of nitrogens with one attached hydrogen (secondary N) is 1. The molecule has 0 bridgehead atoms. The Hall–Kier alpha value is -2.58. The molecule has 1 atom stereocenters. The van der Waals surface area contributed by atoms with Gasteiger partial charge in [0.1, 0.15) is 5.82 Å². The van der Waals surface area contributed by atoms with E-state index < -0.39 is 0 Å². The van der Waals surface area contributed by atoms with Crippen molar-refractivity contribution in [2.24, 2.45) is 0 Å². The van der Waals surface area contributed by atoms with Gasteiger partial charge in [-0.05, 0) is 37.6 Å². The van der Waals surface area contributed by atoms with E-state index in [2.05, 4.69) is 20.4 Å². The third kappa shape index (κ3) is 3.98. The lowest BCUT2D eigenvalue weighted by Crippen LogP contribution is -2.49. The van der Waals surface area contributed by atoms with Crippen LogP contribution in [0.2, 0.25) is 0 Å². The highest BCUT2D eigenvalue weighted by Gasteiger charge is 2.29. The predicted octanol–water partition coefficient (Wildman–Crippen LogP) is 2.02. The molecule has 1 saturated heterocycles. The fourth-order valence-corrected chi connectivity index (χ4v) is 3.53. The molecule has 1 amide bonds. The average molecular weight is 405 g/mol. The lowest BCUT2D eigenvalue weighted by atomic mass is 10.0. The van der Waals surface area contributed by atoms with E-state index in [1.54, 1.807) is 15.5 Å². The molecule has 0 aliphatic carbocycles. The van der Waals surface area contributed by atoms with Gasteiger partial charge in [0.2, 0.25) is 5.91 Å². The second-order valence-electron chi connectivity index (χ2n) is 6.82. The summed E-state index contributed by atoms with van der Waals surface area (Å²) < 4.78 is 15.3. The fourth-order valence-electron chi connectivity index (χ4n) is 3.53. The first-order valence-corrected chi connectivity index (χ1v) is 8.97. The molecular formula is C19H22ClFN6O. The van der Waals surface area contributed by atoms with Gasteiger partial charge in [0.15, 0.2) is 5.82 Å². The molecule has 28 heavy (non-hydrogen) atoms. The molecule has 0 saturated carbocycles. The van der Waals surface area contributed by atoms with Crippen LogP contribution in [0.3, 0.4) is 0 Å². The number of benzene rings is 1. The van der Waals surface area contributed by atoms with Crippen LogP contribution in [0.1, 0.15) is 28.8 Å². The molecule has 1 aliphatic heterocycles. The van der Waals surface area contributed by atoms with Gasteiger partial charge in [-0.1, -0.05) is 12.1 Å². The maximum Gasteiger partial charge on any atom is 0.252 e. The highest BCUT2D eigenvalue weighted by Crippen LogP contribution is 2.23. The topological polar surface area (TPSA) is 75.4 Å². The van der Waals surface area contributed by atoms with E-state index >= 15 is 0 Å². The van der Waals surface area contributed by atoms with E-state index in [0.29, 0.717) is 31.2 Å². The molecule has 1 aliphatic rings. The first kappa shape index (κ1) is 20.2. The number of aromatic nitrogens is 4. The van der Waals surface area contributed by atoms with Crippen LogP contribution in [-0.2, 0) is 11.2 Å². The smallest absolute Gasteiger partial charge is 0.252 e. The van der Waals surface area contributed by atoms with Crippen molar-refractivity contribution < 1.29 is 9.18 Å². The number of carbonyl (C=O) groups is 1. The molecule has 0 radical (unpaired) electrons. The van der Waals surface area contributed by atoms with Gasteiger partial charge in [0, 0.05) is 31.0 Å². The van der Waals surface area contributed by atoms with Gasteiger partial charge in [0.05, 0.1) is 12.5 Å². The van der Waals surface area contributed by atoms with Gasteiger partial charge in [-0.15, -0.1) is 17.5 Å². The number of carbonyl (C=O) groups excluding carboxylic acids is 1. The van der Waals surface area contributed by atoms with Crippen LogP contribution < -0.4 is 5.32 Å². The highest BCUT2D eigenvalue weighted by atomic mass is 35.5. The van der Waals surface area contributed by atoms with Gasteiger partial charge < -0.3 is 10.2 Å². The minimum absolute atomic E-state index is 0. The Morgan fingerprint density at radius 2 is 2.11 bits per heavy atom. The third-order valence-corrected chi connectivity index (χ3v) is 4.77. The number of aryl methyl sites for hydroxylation is 2. The molecule has 4 rings (SSSR count). The summed E-state index contributed by atoms with van der Waals surface area (Å²) in [4.78, 5) is 23.5. The fraction of sp³-hybridized carbons (Fsp3) is 0.368. The molecule has 148 valence electrons. The summed E-state index contributed by atoms with van der Waals surface area (Å²) in [5.74, 6) is 0.565. The second-order valence-corrected chi connectivity index (χ2v) is 6.82. The zero-order valence-electron chi connectivity index (χ0n) is 15.7. The zero-order chi connectivity index (χ0) is 19.0. The summed E-state index contributed by atoms with van der Waals surface area (Å²) in [6, 6.07) is 8.12. The Balaban J connectivity index is 0.00000225. The Kier molecular flexibility index (Phi) is 5.90. The van der Waals surface area contributed by atoms with Gasteiger partial charge in [-0.3, -0.25) is 4.79 Å². The lowest BCUT2D eigenvalue weighted by Gasteiger charge is -2.36. The molecule has 3 heterocycles. The van der Waals surface area contributed by atoms with Crippen LogP contribution in [0, 0.1) is 19.7 Å². The van der Waals surface area contributed by atoms with E-state index in [-0.39, 0.29) is 36.6 Å². The molecule has 7 nitrogen and oxygen atoms in total. The van der Waals surface area contributed by atoms with Crippen molar-refractivity contribution in [1.82, 2.24) is 29.8 Å². The van der Waals surface area contributed by atoms with Crippen LogP contribution in [-0.4, -0.2) is 50.0 Å². The van der Waals surface area contributed by atoms with Gasteiger partial charge in [-0.2, -0.15) is 4.98 Å². The molecule has 9 heteroatoms. The van der Waals surface area contributed by atoms with Crippen molar-refractivity contribution in [1.29, 1.82) is 0 Å². The van der Waals surface area contributed by atoms with Crippen LogP contribution in [0.4, 0.5) is 4.39 Å². The minimum atomic E-state index is -0.301. The van der Waals surface area contributed by atoms with Crippen molar-refractivity contribution >= 4 is 24.1 Å². The number of hydrogen-bond acceptors (Lipinski definition) is 5. The molecular weight excluding hydrogens is 383 g/mol. The molecule has 2 aromatic heterocycles. The van der Waals surface area contributed by atoms with Crippen molar-refractivity contribution in [3.63, 3.8) is 0 Å². The monoisotopic (exact) mass is 404 g/mol. The van der Waals surface area contributed by atoms with E-state index in [0.717, 1.165) is 17.0 Å². The van der Waals surface area contributed by atoms with Crippen LogP contribution >= 0.6 is 12.4 Å².